The van der Waals surface area contributed by atoms with Gasteiger partial charge in [0.1, 0.15) is 5.75 Å². The van der Waals surface area contributed by atoms with Crippen LogP contribution in [0, 0.1) is 0 Å². The first kappa shape index (κ1) is 17.0. The summed E-state index contributed by atoms with van der Waals surface area (Å²) in [5.41, 5.74) is 1.24. The first-order chi connectivity index (χ1) is 9.76. The molecule has 0 heterocycles. The molecule has 3 nitrogen and oxygen atoms in total. The van der Waals surface area contributed by atoms with Gasteiger partial charge in [0.2, 0.25) is 0 Å². The van der Waals surface area contributed by atoms with Crippen molar-refractivity contribution in [2.75, 3.05) is 20.3 Å². The summed E-state index contributed by atoms with van der Waals surface area (Å²) in [6, 6.07) is 8.56. The zero-order chi connectivity index (χ0) is 14.8. The predicted octanol–water partition coefficient (Wildman–Crippen LogP) is 3.42. The summed E-state index contributed by atoms with van der Waals surface area (Å²) in [5.74, 6) is 0.960. The van der Waals surface area contributed by atoms with Crippen LogP contribution in [0.3, 0.4) is 0 Å². The van der Waals surface area contributed by atoms with E-state index in [1.807, 2.05) is 12.1 Å². The van der Waals surface area contributed by atoms with Crippen molar-refractivity contribution >= 4 is 0 Å². The molecule has 0 bridgehead atoms. The highest BCUT2D eigenvalue weighted by Gasteiger charge is 2.21. The first-order valence-electron chi connectivity index (χ1n) is 7.73. The van der Waals surface area contributed by atoms with Crippen LogP contribution in [-0.4, -0.2) is 32.4 Å². The molecular weight excluding hydrogens is 250 g/mol. The van der Waals surface area contributed by atoms with Gasteiger partial charge in [-0.3, -0.25) is 0 Å². The SMILES string of the molecule is CCCNC(Cc1ccccc1OC)C(CC)OCC. The Morgan fingerprint density at radius 2 is 1.90 bits per heavy atom. The van der Waals surface area contributed by atoms with Crippen LogP contribution in [0.25, 0.3) is 0 Å². The van der Waals surface area contributed by atoms with Crippen molar-refractivity contribution in [3.8, 4) is 5.75 Å². The van der Waals surface area contributed by atoms with Gasteiger partial charge in [-0.1, -0.05) is 32.0 Å². The molecule has 114 valence electrons. The van der Waals surface area contributed by atoms with E-state index in [4.69, 9.17) is 9.47 Å². The molecule has 0 aliphatic heterocycles. The van der Waals surface area contributed by atoms with Crippen molar-refractivity contribution < 1.29 is 9.47 Å². The first-order valence-corrected chi connectivity index (χ1v) is 7.73. The van der Waals surface area contributed by atoms with Crippen molar-refractivity contribution in [1.82, 2.24) is 5.32 Å². The largest absolute Gasteiger partial charge is 0.496 e. The van der Waals surface area contributed by atoms with Crippen LogP contribution in [0.2, 0.25) is 0 Å². The second-order valence-corrected chi connectivity index (χ2v) is 4.98. The molecule has 1 rings (SSSR count). The minimum absolute atomic E-state index is 0.247. The minimum atomic E-state index is 0.247. The maximum atomic E-state index is 5.89. The van der Waals surface area contributed by atoms with Crippen molar-refractivity contribution in [1.29, 1.82) is 0 Å². The summed E-state index contributed by atoms with van der Waals surface area (Å²) in [6.45, 7) is 8.21. The van der Waals surface area contributed by atoms with Gasteiger partial charge in [-0.05, 0) is 44.4 Å². The van der Waals surface area contributed by atoms with Gasteiger partial charge in [0.25, 0.3) is 0 Å². The van der Waals surface area contributed by atoms with Crippen LogP contribution in [0.1, 0.15) is 39.2 Å². The van der Waals surface area contributed by atoms with Crippen molar-refractivity contribution in [2.45, 2.75) is 52.2 Å². The number of benzene rings is 1. The van der Waals surface area contributed by atoms with E-state index in [9.17, 15) is 0 Å². The number of nitrogens with one attached hydrogen (secondary N) is 1. The van der Waals surface area contributed by atoms with E-state index in [1.165, 1.54) is 5.56 Å². The lowest BCUT2D eigenvalue weighted by molar-refractivity contribution is 0.0318. The molecule has 0 spiro atoms. The average molecular weight is 279 g/mol. The molecule has 0 saturated carbocycles. The van der Waals surface area contributed by atoms with E-state index in [1.54, 1.807) is 7.11 Å². The zero-order valence-electron chi connectivity index (χ0n) is 13.3. The molecule has 0 aliphatic rings. The Hall–Kier alpha value is -1.06. The summed E-state index contributed by atoms with van der Waals surface area (Å²) in [7, 11) is 1.73. The molecule has 0 aliphatic carbocycles. The highest BCUT2D eigenvalue weighted by Crippen LogP contribution is 2.21. The molecule has 20 heavy (non-hydrogen) atoms. The average Bonchev–Trinajstić information content (AvgIpc) is 2.49. The number of hydrogen-bond donors (Lipinski definition) is 1. The third-order valence-corrected chi connectivity index (χ3v) is 3.52. The van der Waals surface area contributed by atoms with Crippen LogP contribution >= 0.6 is 0 Å². The fourth-order valence-electron chi connectivity index (χ4n) is 2.51. The van der Waals surface area contributed by atoms with E-state index in [0.29, 0.717) is 6.04 Å². The lowest BCUT2D eigenvalue weighted by Gasteiger charge is -2.28. The standard InChI is InChI=1S/C17H29NO2/c1-5-12-18-15(16(6-2)20-7-3)13-14-10-8-9-11-17(14)19-4/h8-11,15-16,18H,5-7,12-13H2,1-4H3. The van der Waals surface area contributed by atoms with Gasteiger partial charge in [0.05, 0.1) is 13.2 Å². The summed E-state index contributed by atoms with van der Waals surface area (Å²) in [5, 5.41) is 3.62. The molecule has 0 radical (unpaired) electrons. The smallest absolute Gasteiger partial charge is 0.122 e. The summed E-state index contributed by atoms with van der Waals surface area (Å²) < 4.78 is 11.3. The Kier molecular flexibility index (Phi) is 8.31. The van der Waals surface area contributed by atoms with Gasteiger partial charge >= 0.3 is 0 Å². The second-order valence-electron chi connectivity index (χ2n) is 4.98. The van der Waals surface area contributed by atoms with Crippen molar-refractivity contribution in [3.63, 3.8) is 0 Å². The number of rotatable bonds is 10. The van der Waals surface area contributed by atoms with Gasteiger partial charge in [0.15, 0.2) is 0 Å². The van der Waals surface area contributed by atoms with Crippen LogP contribution in [0.4, 0.5) is 0 Å². The van der Waals surface area contributed by atoms with Crippen LogP contribution in [-0.2, 0) is 11.2 Å². The molecule has 2 atom stereocenters. The summed E-state index contributed by atoms with van der Waals surface area (Å²) in [6.07, 6.45) is 3.33. The Bertz CT molecular complexity index is 368. The highest BCUT2D eigenvalue weighted by molar-refractivity contribution is 5.34. The number of hydrogen-bond acceptors (Lipinski definition) is 3. The van der Waals surface area contributed by atoms with E-state index < -0.39 is 0 Å². The molecule has 0 saturated heterocycles. The van der Waals surface area contributed by atoms with Crippen molar-refractivity contribution in [3.05, 3.63) is 29.8 Å². The Labute approximate surface area is 123 Å². The van der Waals surface area contributed by atoms with Gasteiger partial charge < -0.3 is 14.8 Å². The Morgan fingerprint density at radius 3 is 2.50 bits per heavy atom. The van der Waals surface area contributed by atoms with E-state index in [-0.39, 0.29) is 6.10 Å². The molecule has 2 unspecified atom stereocenters. The van der Waals surface area contributed by atoms with E-state index >= 15 is 0 Å². The number of methoxy groups -OCH3 is 1. The maximum Gasteiger partial charge on any atom is 0.122 e. The lowest BCUT2D eigenvalue weighted by atomic mass is 9.98. The quantitative estimate of drug-likeness (QED) is 0.712. The minimum Gasteiger partial charge on any atom is -0.496 e. The third kappa shape index (κ3) is 5.14. The van der Waals surface area contributed by atoms with Crippen LogP contribution in [0.5, 0.6) is 5.75 Å². The number of ether oxygens (including phenoxy) is 2. The summed E-state index contributed by atoms with van der Waals surface area (Å²) in [4.78, 5) is 0. The molecule has 0 aromatic heterocycles. The fraction of sp³-hybridized carbons (Fsp3) is 0.647. The highest BCUT2D eigenvalue weighted by atomic mass is 16.5. The van der Waals surface area contributed by atoms with Crippen LogP contribution < -0.4 is 10.1 Å². The van der Waals surface area contributed by atoms with Crippen LogP contribution in [0.15, 0.2) is 24.3 Å². The lowest BCUT2D eigenvalue weighted by Crippen LogP contribution is -2.43. The molecular formula is C17H29NO2. The molecule has 1 N–H and O–H groups in total. The van der Waals surface area contributed by atoms with Gasteiger partial charge in [-0.15, -0.1) is 0 Å². The zero-order valence-corrected chi connectivity index (χ0v) is 13.3. The molecule has 0 fully saturated rings. The van der Waals surface area contributed by atoms with Gasteiger partial charge in [-0.2, -0.15) is 0 Å². The fourth-order valence-corrected chi connectivity index (χ4v) is 2.51. The predicted molar refractivity (Wildman–Crippen MR) is 84.5 cm³/mol. The molecule has 1 aromatic rings. The topological polar surface area (TPSA) is 30.5 Å². The molecule has 1 aromatic carbocycles. The van der Waals surface area contributed by atoms with Gasteiger partial charge in [-0.25, -0.2) is 0 Å². The van der Waals surface area contributed by atoms with Gasteiger partial charge in [0, 0.05) is 12.6 Å². The van der Waals surface area contributed by atoms with E-state index in [2.05, 4.69) is 38.2 Å². The molecule has 3 heteroatoms. The Morgan fingerprint density at radius 1 is 1.15 bits per heavy atom. The van der Waals surface area contributed by atoms with Crippen molar-refractivity contribution in [2.24, 2.45) is 0 Å². The molecule has 0 amide bonds. The normalized spacial score (nSPS) is 14.0. The maximum absolute atomic E-state index is 5.89. The number of para-hydroxylation sites is 1. The van der Waals surface area contributed by atoms with E-state index in [0.717, 1.165) is 38.2 Å². The third-order valence-electron chi connectivity index (χ3n) is 3.52. The Balaban J connectivity index is 2.81. The second kappa shape index (κ2) is 9.78. The summed E-state index contributed by atoms with van der Waals surface area (Å²) >= 11 is 0. The monoisotopic (exact) mass is 279 g/mol.